The molecule has 1 atom stereocenters. The van der Waals surface area contributed by atoms with E-state index in [4.69, 9.17) is 9.84 Å². The lowest BCUT2D eigenvalue weighted by molar-refractivity contribution is -0.141. The van der Waals surface area contributed by atoms with Gasteiger partial charge in [0, 0.05) is 25.0 Å². The predicted molar refractivity (Wildman–Crippen MR) is 91.8 cm³/mol. The molecule has 10 heteroatoms. The number of nitrogens with zero attached hydrogens (tertiary/aromatic N) is 1. The number of nitrogens with one attached hydrogen (secondary N) is 1. The second kappa shape index (κ2) is 7.73. The van der Waals surface area contributed by atoms with Crippen molar-refractivity contribution in [1.29, 1.82) is 0 Å². The van der Waals surface area contributed by atoms with Gasteiger partial charge in [0.25, 0.3) is 0 Å². The lowest BCUT2D eigenvalue weighted by Gasteiger charge is -2.17. The molecule has 1 aliphatic heterocycles. The van der Waals surface area contributed by atoms with Crippen LogP contribution in [-0.4, -0.2) is 62.3 Å². The van der Waals surface area contributed by atoms with Crippen molar-refractivity contribution in [1.82, 2.24) is 4.90 Å². The molecule has 9 nitrogen and oxygen atoms in total. The van der Waals surface area contributed by atoms with Crippen molar-refractivity contribution in [2.45, 2.75) is 18.2 Å². The molecule has 1 fully saturated rings. The zero-order valence-corrected chi connectivity index (χ0v) is 15.2. The molecule has 2 N–H and O–H groups in total. The van der Waals surface area contributed by atoms with Crippen molar-refractivity contribution in [2.75, 3.05) is 31.3 Å². The van der Waals surface area contributed by atoms with E-state index in [1.165, 1.54) is 23.1 Å². The number of amides is 2. The van der Waals surface area contributed by atoms with E-state index >= 15 is 0 Å². The Balaban J connectivity index is 2.25. The molecule has 0 saturated carbocycles. The Bertz CT molecular complexity index is 835. The van der Waals surface area contributed by atoms with Crippen LogP contribution in [0, 0.1) is 5.92 Å². The summed E-state index contributed by atoms with van der Waals surface area (Å²) in [5.41, 5.74) is 0.106. The van der Waals surface area contributed by atoms with Crippen LogP contribution in [0.5, 0.6) is 0 Å². The molecule has 1 aliphatic rings. The predicted octanol–water partition coefficient (Wildman–Crippen LogP) is 1.21. The zero-order chi connectivity index (χ0) is 19.5. The molecule has 142 valence electrons. The second-order valence-corrected chi connectivity index (χ2v) is 7.95. The largest absolute Gasteiger partial charge is 0.481 e. The number of carbonyl (C=O) groups excluding carboxylic acids is 2. The zero-order valence-electron chi connectivity index (χ0n) is 14.4. The number of esters is 1. The Hall–Kier alpha value is -2.62. The molecule has 2 rings (SSSR count). The number of anilines is 1. The van der Waals surface area contributed by atoms with Crippen molar-refractivity contribution < 1.29 is 32.6 Å². The van der Waals surface area contributed by atoms with E-state index < -0.39 is 33.7 Å². The summed E-state index contributed by atoms with van der Waals surface area (Å²) in [4.78, 5) is 36.4. The number of aliphatic carboxylic acids is 1. The molecule has 0 aromatic heterocycles. The fourth-order valence-corrected chi connectivity index (χ4v) is 3.25. The maximum Gasteiger partial charge on any atom is 0.338 e. The van der Waals surface area contributed by atoms with E-state index in [9.17, 15) is 22.8 Å². The summed E-state index contributed by atoms with van der Waals surface area (Å²) in [6.45, 7) is 2.08. The third-order valence-corrected chi connectivity index (χ3v) is 5.01. The molecule has 2 amide bonds. The third-order valence-electron chi connectivity index (χ3n) is 3.92. The molecule has 0 bridgehead atoms. The standard InChI is InChI=1S/C16H20N2O7S/c1-3-25-15(21)11-6-12(8-13(7-11)26(2,23)24)17-16(22)18-5-4-10(9-18)14(19)20/h6-8,10H,3-5,9H2,1-2H3,(H,17,22)(H,19,20). The molecule has 1 aromatic carbocycles. The number of sulfone groups is 1. The molecule has 0 spiro atoms. The van der Waals surface area contributed by atoms with Crippen molar-refractivity contribution in [2.24, 2.45) is 5.92 Å². The van der Waals surface area contributed by atoms with Crippen molar-refractivity contribution in [3.05, 3.63) is 23.8 Å². The summed E-state index contributed by atoms with van der Waals surface area (Å²) in [6.07, 6.45) is 1.33. The van der Waals surface area contributed by atoms with Crippen LogP contribution in [0.4, 0.5) is 10.5 Å². The third kappa shape index (κ3) is 4.72. The van der Waals surface area contributed by atoms with Gasteiger partial charge in [-0.15, -0.1) is 0 Å². The van der Waals surface area contributed by atoms with Gasteiger partial charge in [0.15, 0.2) is 9.84 Å². The molecule has 1 unspecified atom stereocenters. The average Bonchev–Trinajstić information content (AvgIpc) is 3.04. The molecular weight excluding hydrogens is 364 g/mol. The number of hydrogen-bond acceptors (Lipinski definition) is 6. The van der Waals surface area contributed by atoms with E-state index in [1.54, 1.807) is 6.92 Å². The van der Waals surface area contributed by atoms with Gasteiger partial charge in [-0.05, 0) is 31.5 Å². The van der Waals surface area contributed by atoms with Crippen molar-refractivity contribution in [3.63, 3.8) is 0 Å². The molecular formula is C16H20N2O7S. The van der Waals surface area contributed by atoms with E-state index in [1.807, 2.05) is 0 Å². The number of carboxylic acid groups (broad SMARTS) is 1. The summed E-state index contributed by atoms with van der Waals surface area (Å²) >= 11 is 0. The van der Waals surface area contributed by atoms with Gasteiger partial charge in [-0.3, -0.25) is 4.79 Å². The monoisotopic (exact) mass is 384 g/mol. The number of benzene rings is 1. The summed E-state index contributed by atoms with van der Waals surface area (Å²) in [5.74, 6) is -2.30. The van der Waals surface area contributed by atoms with Gasteiger partial charge in [0.1, 0.15) is 0 Å². The molecule has 0 radical (unpaired) electrons. The summed E-state index contributed by atoms with van der Waals surface area (Å²) in [6, 6.07) is 3.17. The highest BCUT2D eigenvalue weighted by Gasteiger charge is 2.31. The maximum absolute atomic E-state index is 12.3. The quantitative estimate of drug-likeness (QED) is 0.730. The summed E-state index contributed by atoms with van der Waals surface area (Å²) in [7, 11) is -3.62. The molecule has 1 saturated heterocycles. The second-order valence-electron chi connectivity index (χ2n) is 5.94. The highest BCUT2D eigenvalue weighted by Crippen LogP contribution is 2.22. The first-order valence-electron chi connectivity index (χ1n) is 7.92. The van der Waals surface area contributed by atoms with Crippen LogP contribution < -0.4 is 5.32 Å². The van der Waals surface area contributed by atoms with Crippen LogP contribution in [-0.2, 0) is 19.4 Å². The van der Waals surface area contributed by atoms with Crippen LogP contribution in [0.15, 0.2) is 23.1 Å². The van der Waals surface area contributed by atoms with Crippen molar-refractivity contribution in [3.8, 4) is 0 Å². The lowest BCUT2D eigenvalue weighted by atomic mass is 10.1. The number of rotatable bonds is 5. The average molecular weight is 384 g/mol. The molecule has 26 heavy (non-hydrogen) atoms. The topological polar surface area (TPSA) is 130 Å². The van der Waals surface area contributed by atoms with Crippen LogP contribution >= 0.6 is 0 Å². The summed E-state index contributed by atoms with van der Waals surface area (Å²) in [5, 5.41) is 11.5. The minimum Gasteiger partial charge on any atom is -0.481 e. The fraction of sp³-hybridized carbons (Fsp3) is 0.438. The van der Waals surface area contributed by atoms with E-state index in [0.717, 1.165) is 6.26 Å². The summed E-state index contributed by atoms with van der Waals surface area (Å²) < 4.78 is 28.5. The lowest BCUT2D eigenvalue weighted by Crippen LogP contribution is -2.33. The van der Waals surface area contributed by atoms with Gasteiger partial charge in [-0.25, -0.2) is 18.0 Å². The number of ether oxygens (including phenoxy) is 1. The van der Waals surface area contributed by atoms with Crippen LogP contribution in [0.3, 0.4) is 0 Å². The molecule has 1 aromatic rings. The number of likely N-dealkylation sites (tertiary alicyclic amines) is 1. The highest BCUT2D eigenvalue weighted by atomic mass is 32.2. The number of urea groups is 1. The van der Waals surface area contributed by atoms with Gasteiger partial charge in [-0.2, -0.15) is 0 Å². The molecule has 0 aliphatic carbocycles. The normalized spacial score (nSPS) is 17.0. The Labute approximate surface area is 150 Å². The van der Waals surface area contributed by atoms with Crippen molar-refractivity contribution >= 4 is 33.5 Å². The first-order chi connectivity index (χ1) is 12.1. The van der Waals surface area contributed by atoms with Gasteiger partial charge in [0.2, 0.25) is 0 Å². The first-order valence-corrected chi connectivity index (χ1v) is 9.82. The Morgan fingerprint density at radius 2 is 2.00 bits per heavy atom. The highest BCUT2D eigenvalue weighted by molar-refractivity contribution is 7.90. The smallest absolute Gasteiger partial charge is 0.338 e. The van der Waals surface area contributed by atoms with Crippen LogP contribution in [0.25, 0.3) is 0 Å². The first kappa shape index (κ1) is 19.7. The van der Waals surface area contributed by atoms with Gasteiger partial charge < -0.3 is 20.1 Å². The van der Waals surface area contributed by atoms with E-state index in [0.29, 0.717) is 6.42 Å². The van der Waals surface area contributed by atoms with Crippen LogP contribution in [0.1, 0.15) is 23.7 Å². The minimum absolute atomic E-state index is 0.00471. The Morgan fingerprint density at radius 3 is 2.54 bits per heavy atom. The van der Waals surface area contributed by atoms with Gasteiger partial charge in [-0.1, -0.05) is 0 Å². The Kier molecular flexibility index (Phi) is 5.86. The van der Waals surface area contributed by atoms with Gasteiger partial charge in [0.05, 0.1) is 23.0 Å². The van der Waals surface area contributed by atoms with Gasteiger partial charge >= 0.3 is 18.0 Å². The fourth-order valence-electron chi connectivity index (χ4n) is 2.57. The SMILES string of the molecule is CCOC(=O)c1cc(NC(=O)N2CCC(C(=O)O)C2)cc(S(C)(=O)=O)c1. The van der Waals surface area contributed by atoms with E-state index in [-0.39, 0.29) is 35.8 Å². The number of carboxylic acids is 1. The number of hydrogen-bond donors (Lipinski definition) is 2. The minimum atomic E-state index is -3.62. The van der Waals surface area contributed by atoms with Crippen LogP contribution in [0.2, 0.25) is 0 Å². The maximum atomic E-state index is 12.3. The Morgan fingerprint density at radius 1 is 1.31 bits per heavy atom. The number of carbonyl (C=O) groups is 3. The molecule has 1 heterocycles. The van der Waals surface area contributed by atoms with E-state index in [2.05, 4.69) is 5.32 Å².